The first kappa shape index (κ1) is 25.6. The maximum Gasteiger partial charge on any atom is 0.404 e. The van der Waals surface area contributed by atoms with Crippen LogP contribution in [0.5, 0.6) is 0 Å². The summed E-state index contributed by atoms with van der Waals surface area (Å²) in [6, 6.07) is 4.45. The highest BCUT2D eigenvalue weighted by atomic mass is 32.2. The number of piperidine rings is 1. The Labute approximate surface area is 203 Å². The standard InChI is InChI=1S/C22H31F2N5O5S/c1-22(23,24)20-26-18-13-17(3-4-19(18)29(20)14-15-7-11-34-12-8-15)27(2)35(32,33)28-9-5-16(6-10-28)25-21(30)31/h3-4,13,15-16,25H,5-12,14H2,1-2H3,(H,30,31). The zero-order chi connectivity index (χ0) is 25.4. The molecule has 13 heteroatoms. The molecule has 0 bridgehead atoms. The molecular formula is C22H31F2N5O5S. The summed E-state index contributed by atoms with van der Waals surface area (Å²) in [6.45, 7) is 2.76. The average Bonchev–Trinajstić information content (AvgIpc) is 3.17. The van der Waals surface area contributed by atoms with E-state index in [-0.39, 0.29) is 30.9 Å². The molecular weight excluding hydrogens is 484 g/mol. The first-order chi connectivity index (χ1) is 16.5. The van der Waals surface area contributed by atoms with Crippen LogP contribution in [-0.4, -0.2) is 72.9 Å². The number of nitrogens with zero attached hydrogens (tertiary/aromatic N) is 4. The van der Waals surface area contributed by atoms with Crippen LogP contribution in [0, 0.1) is 5.92 Å². The van der Waals surface area contributed by atoms with Gasteiger partial charge in [0.25, 0.3) is 0 Å². The van der Waals surface area contributed by atoms with Gasteiger partial charge in [-0.15, -0.1) is 0 Å². The minimum absolute atomic E-state index is 0.172. The highest BCUT2D eigenvalue weighted by molar-refractivity contribution is 7.90. The van der Waals surface area contributed by atoms with Crippen molar-refractivity contribution in [1.82, 2.24) is 19.2 Å². The number of aromatic nitrogens is 2. The molecule has 4 rings (SSSR count). The molecule has 194 valence electrons. The van der Waals surface area contributed by atoms with E-state index in [1.165, 1.54) is 17.4 Å². The molecule has 2 aliphatic rings. The topological polar surface area (TPSA) is 117 Å². The second-order valence-corrected chi connectivity index (χ2v) is 11.2. The molecule has 0 aliphatic carbocycles. The Morgan fingerprint density at radius 3 is 2.51 bits per heavy atom. The van der Waals surface area contributed by atoms with E-state index in [0.717, 1.165) is 24.1 Å². The minimum Gasteiger partial charge on any atom is -0.465 e. The van der Waals surface area contributed by atoms with Crippen molar-refractivity contribution in [3.8, 4) is 0 Å². The van der Waals surface area contributed by atoms with Crippen molar-refractivity contribution < 1.29 is 31.8 Å². The Hall–Kier alpha value is -2.51. The molecule has 0 radical (unpaired) electrons. The van der Waals surface area contributed by atoms with Crippen molar-refractivity contribution in [3.05, 3.63) is 24.0 Å². The van der Waals surface area contributed by atoms with Crippen molar-refractivity contribution in [2.75, 3.05) is 37.7 Å². The molecule has 2 saturated heterocycles. The van der Waals surface area contributed by atoms with E-state index in [4.69, 9.17) is 9.84 Å². The number of hydrogen-bond acceptors (Lipinski definition) is 5. The Morgan fingerprint density at radius 1 is 1.26 bits per heavy atom. The molecule has 1 aromatic carbocycles. The third-order valence-corrected chi connectivity index (χ3v) is 8.64. The van der Waals surface area contributed by atoms with Gasteiger partial charge in [-0.25, -0.2) is 9.78 Å². The SMILES string of the molecule is CN(c1ccc2c(c1)nc(C(C)(F)F)n2CC1CCOCC1)S(=O)(=O)N1CCC(NC(=O)O)CC1. The lowest BCUT2D eigenvalue weighted by atomic mass is 10.00. The first-order valence-corrected chi connectivity index (χ1v) is 13.1. The minimum atomic E-state index is -3.90. The predicted octanol–water partition coefficient (Wildman–Crippen LogP) is 2.99. The monoisotopic (exact) mass is 515 g/mol. The molecule has 35 heavy (non-hydrogen) atoms. The molecule has 0 unspecified atom stereocenters. The van der Waals surface area contributed by atoms with Gasteiger partial charge >= 0.3 is 22.2 Å². The lowest BCUT2D eigenvalue weighted by Gasteiger charge is -2.34. The molecule has 2 aliphatic heterocycles. The number of carboxylic acid groups (broad SMARTS) is 1. The number of amides is 1. The number of hydrogen-bond donors (Lipinski definition) is 2. The summed E-state index contributed by atoms with van der Waals surface area (Å²) in [5.41, 5.74) is 1.14. The summed E-state index contributed by atoms with van der Waals surface area (Å²) in [5.74, 6) is -3.30. The average molecular weight is 516 g/mol. The molecule has 1 amide bonds. The Balaban J connectivity index is 1.58. The van der Waals surface area contributed by atoms with E-state index < -0.39 is 22.2 Å². The van der Waals surface area contributed by atoms with E-state index in [2.05, 4.69) is 10.3 Å². The first-order valence-electron chi connectivity index (χ1n) is 11.7. The number of alkyl halides is 2. The van der Waals surface area contributed by atoms with Gasteiger partial charge in [-0.05, 0) is 49.8 Å². The highest BCUT2D eigenvalue weighted by Gasteiger charge is 2.35. The second kappa shape index (κ2) is 9.86. The van der Waals surface area contributed by atoms with Gasteiger partial charge in [-0.3, -0.25) is 4.31 Å². The number of nitrogens with one attached hydrogen (secondary N) is 1. The van der Waals surface area contributed by atoms with E-state index >= 15 is 0 Å². The van der Waals surface area contributed by atoms with Gasteiger partial charge < -0.3 is 19.7 Å². The Kier molecular flexibility index (Phi) is 7.21. The summed E-state index contributed by atoms with van der Waals surface area (Å²) in [5, 5.41) is 11.3. The summed E-state index contributed by atoms with van der Waals surface area (Å²) in [7, 11) is -2.49. The molecule has 2 aromatic rings. The smallest absolute Gasteiger partial charge is 0.404 e. The largest absolute Gasteiger partial charge is 0.465 e. The van der Waals surface area contributed by atoms with Crippen LogP contribution in [0.3, 0.4) is 0 Å². The van der Waals surface area contributed by atoms with Crippen LogP contribution >= 0.6 is 0 Å². The van der Waals surface area contributed by atoms with Gasteiger partial charge in [0.1, 0.15) is 0 Å². The lowest BCUT2D eigenvalue weighted by Crippen LogP contribution is -2.50. The van der Waals surface area contributed by atoms with Gasteiger partial charge in [0.2, 0.25) is 0 Å². The fourth-order valence-corrected chi connectivity index (χ4v) is 6.13. The van der Waals surface area contributed by atoms with Crippen molar-refractivity contribution in [2.45, 2.75) is 51.1 Å². The van der Waals surface area contributed by atoms with E-state index in [9.17, 15) is 22.0 Å². The van der Waals surface area contributed by atoms with E-state index in [0.29, 0.717) is 49.3 Å². The van der Waals surface area contributed by atoms with Crippen molar-refractivity contribution in [1.29, 1.82) is 0 Å². The van der Waals surface area contributed by atoms with Crippen LogP contribution in [0.4, 0.5) is 19.3 Å². The predicted molar refractivity (Wildman–Crippen MR) is 126 cm³/mol. The highest BCUT2D eigenvalue weighted by Crippen LogP contribution is 2.33. The van der Waals surface area contributed by atoms with E-state index in [1.807, 2.05) is 0 Å². The Morgan fingerprint density at radius 2 is 1.91 bits per heavy atom. The third-order valence-electron chi connectivity index (χ3n) is 6.72. The van der Waals surface area contributed by atoms with Crippen LogP contribution < -0.4 is 9.62 Å². The number of ether oxygens (including phenoxy) is 1. The van der Waals surface area contributed by atoms with Gasteiger partial charge in [0.15, 0.2) is 5.82 Å². The molecule has 1 aromatic heterocycles. The van der Waals surface area contributed by atoms with Crippen LogP contribution in [-0.2, 0) is 27.4 Å². The van der Waals surface area contributed by atoms with Crippen molar-refractivity contribution >= 4 is 33.0 Å². The fourth-order valence-electron chi connectivity index (χ4n) is 4.73. The quantitative estimate of drug-likeness (QED) is 0.586. The van der Waals surface area contributed by atoms with Crippen LogP contribution in [0.15, 0.2) is 18.2 Å². The zero-order valence-electron chi connectivity index (χ0n) is 19.8. The van der Waals surface area contributed by atoms with Gasteiger partial charge in [-0.2, -0.15) is 21.5 Å². The zero-order valence-corrected chi connectivity index (χ0v) is 20.6. The van der Waals surface area contributed by atoms with E-state index in [1.54, 1.807) is 16.7 Å². The summed E-state index contributed by atoms with van der Waals surface area (Å²) < 4.78 is 64.6. The maximum atomic E-state index is 14.4. The Bertz CT molecular complexity index is 1170. The van der Waals surface area contributed by atoms with Gasteiger partial charge in [0, 0.05) is 52.9 Å². The number of rotatable bonds is 7. The molecule has 2 N–H and O–H groups in total. The summed E-state index contributed by atoms with van der Waals surface area (Å²) in [6.07, 6.45) is 1.16. The number of imidazole rings is 1. The number of halogens is 2. The van der Waals surface area contributed by atoms with Crippen molar-refractivity contribution in [3.63, 3.8) is 0 Å². The molecule has 0 saturated carbocycles. The fraction of sp³-hybridized carbons (Fsp3) is 0.636. The van der Waals surface area contributed by atoms with Gasteiger partial charge in [0.05, 0.1) is 16.7 Å². The van der Waals surface area contributed by atoms with Crippen LogP contribution in [0.25, 0.3) is 11.0 Å². The van der Waals surface area contributed by atoms with Gasteiger partial charge in [-0.1, -0.05) is 0 Å². The normalized spacial score (nSPS) is 19.2. The van der Waals surface area contributed by atoms with Crippen LogP contribution in [0.1, 0.15) is 38.4 Å². The third kappa shape index (κ3) is 5.51. The number of anilines is 1. The number of carbonyl (C=O) groups is 1. The molecule has 0 spiro atoms. The summed E-state index contributed by atoms with van der Waals surface area (Å²) in [4.78, 5) is 15.0. The molecule has 2 fully saturated rings. The number of fused-ring (bicyclic) bond motifs is 1. The molecule has 3 heterocycles. The van der Waals surface area contributed by atoms with Crippen LogP contribution in [0.2, 0.25) is 0 Å². The molecule has 10 nitrogen and oxygen atoms in total. The second-order valence-electron chi connectivity index (χ2n) is 9.26. The van der Waals surface area contributed by atoms with Crippen molar-refractivity contribution in [2.24, 2.45) is 5.92 Å². The summed E-state index contributed by atoms with van der Waals surface area (Å²) >= 11 is 0. The lowest BCUT2D eigenvalue weighted by molar-refractivity contribution is 0.00222. The number of benzene rings is 1. The maximum absolute atomic E-state index is 14.4. The molecule has 0 atom stereocenters.